The number of carboxylic acid groups (broad SMARTS) is 1. The Balaban J connectivity index is 2.69. The normalized spacial score (nSPS) is 19.5. The molecule has 1 aliphatic rings. The Morgan fingerprint density at radius 1 is 1.32 bits per heavy atom. The molecule has 1 aliphatic heterocycles. The van der Waals surface area contributed by atoms with Crippen LogP contribution in [0.2, 0.25) is 0 Å². The van der Waals surface area contributed by atoms with E-state index in [1.165, 1.54) is 4.90 Å². The Morgan fingerprint density at radius 2 is 2.00 bits per heavy atom. The first kappa shape index (κ1) is 18.0. The number of allylic oxidation sites excluding steroid dienone is 1. The molecule has 0 aromatic rings. The molecule has 7 nitrogen and oxygen atoms in total. The minimum absolute atomic E-state index is 0.0155. The van der Waals surface area contributed by atoms with Gasteiger partial charge in [0.05, 0.1) is 0 Å². The Morgan fingerprint density at radius 3 is 2.55 bits per heavy atom. The maximum Gasteiger partial charge on any atom is 0.326 e. The van der Waals surface area contributed by atoms with Crippen molar-refractivity contribution >= 4 is 17.9 Å². The Bertz CT molecular complexity index is 448. The number of urea groups is 1. The highest BCUT2D eigenvalue weighted by molar-refractivity contribution is 5.90. The highest BCUT2D eigenvalue weighted by atomic mass is 16.4. The number of carbonyl (C=O) groups excluding carboxylic acids is 2. The summed E-state index contributed by atoms with van der Waals surface area (Å²) in [6.45, 7) is 5.99. The van der Waals surface area contributed by atoms with E-state index in [1.807, 2.05) is 13.8 Å². The fraction of sp³-hybridized carbons (Fsp3) is 0.667. The average Bonchev–Trinajstić information content (AvgIpc) is 2.91. The number of hydrogen-bond acceptors (Lipinski definition) is 3. The minimum atomic E-state index is -1.08. The SMILES string of the molecule is C/C=C/CC(NC(=O)[C@@H]1CCCN1C(=O)NC(C)C)C(=O)O. The molecule has 1 saturated heterocycles. The third-order valence-corrected chi connectivity index (χ3v) is 3.45. The highest BCUT2D eigenvalue weighted by Gasteiger charge is 2.35. The molecule has 0 aliphatic carbocycles. The van der Waals surface area contributed by atoms with Crippen LogP contribution in [0.4, 0.5) is 4.79 Å². The predicted octanol–water partition coefficient (Wildman–Crippen LogP) is 1.10. The first-order valence-corrected chi connectivity index (χ1v) is 7.58. The lowest BCUT2D eigenvalue weighted by molar-refractivity contribution is -0.142. The molecule has 2 atom stereocenters. The lowest BCUT2D eigenvalue weighted by Gasteiger charge is -2.26. The molecule has 1 rings (SSSR count). The van der Waals surface area contributed by atoms with Crippen molar-refractivity contribution in [3.63, 3.8) is 0 Å². The molecule has 22 heavy (non-hydrogen) atoms. The number of aliphatic carboxylic acids is 1. The minimum Gasteiger partial charge on any atom is -0.480 e. The zero-order chi connectivity index (χ0) is 16.7. The number of rotatable bonds is 6. The molecule has 0 aromatic carbocycles. The van der Waals surface area contributed by atoms with Gasteiger partial charge in [-0.25, -0.2) is 9.59 Å². The number of amides is 3. The molecular weight excluding hydrogens is 286 g/mol. The maximum atomic E-state index is 12.3. The van der Waals surface area contributed by atoms with E-state index in [1.54, 1.807) is 19.1 Å². The molecule has 0 spiro atoms. The van der Waals surface area contributed by atoms with Crippen molar-refractivity contribution < 1.29 is 19.5 Å². The molecule has 1 heterocycles. The number of likely N-dealkylation sites (tertiary alicyclic amines) is 1. The average molecular weight is 311 g/mol. The molecule has 3 N–H and O–H groups in total. The summed E-state index contributed by atoms with van der Waals surface area (Å²) in [4.78, 5) is 37.0. The van der Waals surface area contributed by atoms with E-state index in [2.05, 4.69) is 10.6 Å². The van der Waals surface area contributed by atoms with Crippen LogP contribution in [0.5, 0.6) is 0 Å². The van der Waals surface area contributed by atoms with E-state index in [9.17, 15) is 14.4 Å². The Kier molecular flexibility index (Phi) is 6.88. The summed E-state index contributed by atoms with van der Waals surface area (Å²) in [7, 11) is 0. The zero-order valence-electron chi connectivity index (χ0n) is 13.3. The van der Waals surface area contributed by atoms with Gasteiger partial charge in [0.25, 0.3) is 0 Å². The number of carbonyl (C=O) groups is 3. The van der Waals surface area contributed by atoms with Crippen LogP contribution in [0.1, 0.15) is 40.0 Å². The summed E-state index contributed by atoms with van der Waals surface area (Å²) in [6.07, 6.45) is 4.93. The first-order chi connectivity index (χ1) is 10.4. The maximum absolute atomic E-state index is 12.3. The highest BCUT2D eigenvalue weighted by Crippen LogP contribution is 2.18. The van der Waals surface area contributed by atoms with Crippen LogP contribution in [0, 0.1) is 0 Å². The fourth-order valence-corrected chi connectivity index (χ4v) is 2.37. The first-order valence-electron chi connectivity index (χ1n) is 7.58. The second-order valence-corrected chi connectivity index (χ2v) is 5.66. The zero-order valence-corrected chi connectivity index (χ0v) is 13.3. The van der Waals surface area contributed by atoms with Gasteiger partial charge in [0, 0.05) is 12.6 Å². The van der Waals surface area contributed by atoms with Crippen molar-refractivity contribution in [1.29, 1.82) is 0 Å². The van der Waals surface area contributed by atoms with E-state index >= 15 is 0 Å². The number of carboxylic acids is 1. The van der Waals surface area contributed by atoms with Gasteiger partial charge < -0.3 is 20.6 Å². The van der Waals surface area contributed by atoms with Crippen LogP contribution in [-0.2, 0) is 9.59 Å². The largest absolute Gasteiger partial charge is 0.480 e. The summed E-state index contributed by atoms with van der Waals surface area (Å²) in [6, 6.07) is -1.88. The summed E-state index contributed by atoms with van der Waals surface area (Å²) in [5.74, 6) is -1.49. The van der Waals surface area contributed by atoms with Crippen molar-refractivity contribution in [1.82, 2.24) is 15.5 Å². The second kappa shape index (κ2) is 8.41. The summed E-state index contributed by atoms with van der Waals surface area (Å²) < 4.78 is 0. The Labute approximate surface area is 130 Å². The molecule has 3 amide bonds. The van der Waals surface area contributed by atoms with E-state index in [0.29, 0.717) is 13.0 Å². The predicted molar refractivity (Wildman–Crippen MR) is 82.4 cm³/mol. The number of nitrogens with zero attached hydrogens (tertiary/aromatic N) is 1. The van der Waals surface area contributed by atoms with Gasteiger partial charge in [-0.3, -0.25) is 4.79 Å². The van der Waals surface area contributed by atoms with Crippen molar-refractivity contribution in [3.8, 4) is 0 Å². The molecule has 0 aromatic heterocycles. The number of hydrogen-bond donors (Lipinski definition) is 3. The van der Waals surface area contributed by atoms with E-state index in [-0.39, 0.29) is 18.5 Å². The third kappa shape index (κ3) is 5.05. The molecule has 7 heteroatoms. The lowest BCUT2D eigenvalue weighted by atomic mass is 10.1. The monoisotopic (exact) mass is 311 g/mol. The molecule has 1 unspecified atom stereocenters. The van der Waals surface area contributed by atoms with Gasteiger partial charge in [0.2, 0.25) is 5.91 Å². The van der Waals surface area contributed by atoms with Gasteiger partial charge in [0.15, 0.2) is 0 Å². The van der Waals surface area contributed by atoms with Gasteiger partial charge in [-0.15, -0.1) is 0 Å². The molecule has 0 saturated carbocycles. The topological polar surface area (TPSA) is 98.7 Å². The molecule has 1 fully saturated rings. The van der Waals surface area contributed by atoms with Crippen LogP contribution in [0.15, 0.2) is 12.2 Å². The molecule has 124 valence electrons. The van der Waals surface area contributed by atoms with Gasteiger partial charge in [-0.1, -0.05) is 12.2 Å². The van der Waals surface area contributed by atoms with E-state index in [4.69, 9.17) is 5.11 Å². The van der Waals surface area contributed by atoms with Crippen molar-refractivity contribution in [2.45, 2.75) is 58.2 Å². The van der Waals surface area contributed by atoms with Gasteiger partial charge >= 0.3 is 12.0 Å². The standard InChI is InChI=1S/C15H25N3O4/c1-4-5-7-11(14(20)21)17-13(19)12-8-6-9-18(12)15(22)16-10(2)3/h4-5,10-12H,6-9H2,1-3H3,(H,16,22)(H,17,19)(H,20,21)/b5-4+/t11?,12-/m0/s1. The number of nitrogens with one attached hydrogen (secondary N) is 2. The van der Waals surface area contributed by atoms with Crippen LogP contribution in [0.25, 0.3) is 0 Å². The van der Waals surface area contributed by atoms with E-state index in [0.717, 1.165) is 6.42 Å². The van der Waals surface area contributed by atoms with Crippen LogP contribution in [0.3, 0.4) is 0 Å². The van der Waals surface area contributed by atoms with Gasteiger partial charge in [-0.05, 0) is 40.0 Å². The van der Waals surface area contributed by atoms with Crippen LogP contribution >= 0.6 is 0 Å². The second-order valence-electron chi connectivity index (χ2n) is 5.66. The summed E-state index contributed by atoms with van der Waals surface area (Å²) >= 11 is 0. The fourth-order valence-electron chi connectivity index (χ4n) is 2.37. The quantitative estimate of drug-likeness (QED) is 0.640. The molecule has 0 radical (unpaired) electrons. The summed E-state index contributed by atoms with van der Waals surface area (Å²) in [5, 5.41) is 14.4. The lowest BCUT2D eigenvalue weighted by Crippen LogP contribution is -2.53. The summed E-state index contributed by atoms with van der Waals surface area (Å²) in [5.41, 5.74) is 0. The third-order valence-electron chi connectivity index (χ3n) is 3.45. The van der Waals surface area contributed by atoms with Crippen LogP contribution < -0.4 is 10.6 Å². The van der Waals surface area contributed by atoms with Crippen molar-refractivity contribution in [3.05, 3.63) is 12.2 Å². The van der Waals surface area contributed by atoms with Crippen LogP contribution in [-0.4, -0.2) is 52.6 Å². The van der Waals surface area contributed by atoms with Crippen molar-refractivity contribution in [2.24, 2.45) is 0 Å². The molecule has 0 bridgehead atoms. The van der Waals surface area contributed by atoms with Crippen molar-refractivity contribution in [2.75, 3.05) is 6.54 Å². The van der Waals surface area contributed by atoms with E-state index < -0.39 is 24.0 Å². The van der Waals surface area contributed by atoms with Gasteiger partial charge in [0.1, 0.15) is 12.1 Å². The van der Waals surface area contributed by atoms with Gasteiger partial charge in [-0.2, -0.15) is 0 Å². The Hall–Kier alpha value is -2.05. The molecular formula is C15H25N3O4. The smallest absolute Gasteiger partial charge is 0.326 e.